The van der Waals surface area contributed by atoms with Gasteiger partial charge in [0.25, 0.3) is 5.91 Å². The van der Waals surface area contributed by atoms with Crippen LogP contribution < -0.4 is 10.6 Å². The van der Waals surface area contributed by atoms with Gasteiger partial charge in [0, 0.05) is 57.2 Å². The topological polar surface area (TPSA) is 81.9 Å². The molecule has 0 unspecified atom stereocenters. The van der Waals surface area contributed by atoms with Gasteiger partial charge in [-0.1, -0.05) is 30.3 Å². The number of hydrogen-bond donors (Lipinski definition) is 3. The van der Waals surface area contributed by atoms with Crippen LogP contribution in [0, 0.1) is 0 Å². The largest absolute Gasteiger partial charge is 0.390 e. The molecular formula is C21H25N5O2. The van der Waals surface area contributed by atoms with Gasteiger partial charge in [-0.15, -0.1) is 0 Å². The smallest absolute Gasteiger partial charge is 0.252 e. The zero-order valence-electron chi connectivity index (χ0n) is 15.7. The number of aliphatic hydroxyl groups excluding tert-OH is 1. The van der Waals surface area contributed by atoms with Gasteiger partial charge in [0.15, 0.2) is 0 Å². The number of carbonyl (C=O) groups is 1. The number of pyridine rings is 1. The van der Waals surface area contributed by atoms with Gasteiger partial charge in [0.05, 0.1) is 17.4 Å². The van der Waals surface area contributed by atoms with Crippen molar-refractivity contribution in [2.75, 3.05) is 39.3 Å². The molecule has 0 spiro atoms. The summed E-state index contributed by atoms with van der Waals surface area (Å²) in [4.78, 5) is 19.3. The molecule has 28 heavy (non-hydrogen) atoms. The number of aromatic nitrogens is 2. The van der Waals surface area contributed by atoms with E-state index in [2.05, 4.69) is 20.5 Å². The molecule has 1 amide bonds. The maximum absolute atomic E-state index is 12.5. The first-order chi connectivity index (χ1) is 13.7. The van der Waals surface area contributed by atoms with Crippen LogP contribution >= 0.6 is 0 Å². The minimum Gasteiger partial charge on any atom is -0.390 e. The van der Waals surface area contributed by atoms with Crippen LogP contribution in [0.3, 0.4) is 0 Å². The van der Waals surface area contributed by atoms with Gasteiger partial charge in [-0.05, 0) is 12.1 Å². The lowest BCUT2D eigenvalue weighted by molar-refractivity contribution is 0.0842. The summed E-state index contributed by atoms with van der Waals surface area (Å²) in [6.07, 6.45) is 3.11. The summed E-state index contributed by atoms with van der Waals surface area (Å²) in [5.41, 5.74) is 3.23. The van der Waals surface area contributed by atoms with Crippen molar-refractivity contribution in [2.24, 2.45) is 0 Å². The minimum absolute atomic E-state index is 0.198. The first kappa shape index (κ1) is 18.6. The van der Waals surface area contributed by atoms with Gasteiger partial charge < -0.3 is 20.1 Å². The van der Waals surface area contributed by atoms with E-state index in [4.69, 9.17) is 0 Å². The average Bonchev–Trinajstić information content (AvgIpc) is 3.17. The maximum Gasteiger partial charge on any atom is 0.252 e. The standard InChI is InChI=1S/C21H25N5O2/c27-18(14-25-10-8-22-9-11-25)12-23-21(28)17-6-7-20-24-19(15-26(20)13-17)16-4-2-1-3-5-16/h1-7,13,15,18,22,27H,8-12,14H2,(H,23,28)/t18-/m1/s1. The molecule has 7 heteroatoms. The lowest BCUT2D eigenvalue weighted by Gasteiger charge is -2.29. The molecule has 0 saturated carbocycles. The van der Waals surface area contributed by atoms with Crippen molar-refractivity contribution in [3.05, 3.63) is 60.4 Å². The molecule has 1 aliphatic heterocycles. The third-order valence-electron chi connectivity index (χ3n) is 4.96. The zero-order chi connectivity index (χ0) is 19.3. The van der Waals surface area contributed by atoms with Crippen LogP contribution in [-0.2, 0) is 0 Å². The highest BCUT2D eigenvalue weighted by Gasteiger charge is 2.16. The Morgan fingerprint density at radius 3 is 2.71 bits per heavy atom. The highest BCUT2D eigenvalue weighted by molar-refractivity contribution is 5.94. The van der Waals surface area contributed by atoms with Crippen molar-refractivity contribution in [3.63, 3.8) is 0 Å². The monoisotopic (exact) mass is 379 g/mol. The second-order valence-electron chi connectivity index (χ2n) is 7.09. The normalized spacial score (nSPS) is 16.2. The Balaban J connectivity index is 1.38. The number of aliphatic hydroxyl groups is 1. The van der Waals surface area contributed by atoms with E-state index in [0.717, 1.165) is 43.1 Å². The highest BCUT2D eigenvalue weighted by Crippen LogP contribution is 2.19. The van der Waals surface area contributed by atoms with Crippen molar-refractivity contribution < 1.29 is 9.90 Å². The molecule has 0 bridgehead atoms. The first-order valence-corrected chi connectivity index (χ1v) is 9.62. The van der Waals surface area contributed by atoms with Crippen LogP contribution in [0.25, 0.3) is 16.9 Å². The molecule has 1 atom stereocenters. The van der Waals surface area contributed by atoms with Crippen molar-refractivity contribution in [1.29, 1.82) is 0 Å². The summed E-state index contributed by atoms with van der Waals surface area (Å²) in [7, 11) is 0. The Hall–Kier alpha value is -2.74. The molecule has 3 N–H and O–H groups in total. The predicted molar refractivity (Wildman–Crippen MR) is 108 cm³/mol. The van der Waals surface area contributed by atoms with Crippen LogP contribution in [0.2, 0.25) is 0 Å². The number of rotatable bonds is 6. The fraction of sp³-hybridized carbons (Fsp3) is 0.333. The summed E-state index contributed by atoms with van der Waals surface area (Å²) < 4.78 is 1.86. The predicted octanol–water partition coefficient (Wildman–Crippen LogP) is 0.997. The SMILES string of the molecule is O=C(NC[C@@H](O)CN1CCNCC1)c1ccc2nc(-c3ccccc3)cn2c1. The number of imidazole rings is 1. The number of carbonyl (C=O) groups excluding carboxylic acids is 1. The molecule has 3 aromatic rings. The van der Waals surface area contributed by atoms with E-state index >= 15 is 0 Å². The Bertz CT molecular complexity index is 934. The third-order valence-corrected chi connectivity index (χ3v) is 4.96. The lowest BCUT2D eigenvalue weighted by atomic mass is 10.2. The fourth-order valence-electron chi connectivity index (χ4n) is 3.44. The molecule has 1 fully saturated rings. The van der Waals surface area contributed by atoms with Crippen molar-refractivity contribution in [1.82, 2.24) is 24.9 Å². The van der Waals surface area contributed by atoms with Gasteiger partial charge in [-0.25, -0.2) is 4.98 Å². The molecule has 0 radical (unpaired) electrons. The van der Waals surface area contributed by atoms with Crippen molar-refractivity contribution >= 4 is 11.6 Å². The molecule has 1 aromatic carbocycles. The van der Waals surface area contributed by atoms with Gasteiger partial charge in [-0.3, -0.25) is 9.69 Å². The molecule has 7 nitrogen and oxygen atoms in total. The van der Waals surface area contributed by atoms with E-state index in [1.165, 1.54) is 0 Å². The third kappa shape index (κ3) is 4.39. The van der Waals surface area contributed by atoms with Gasteiger partial charge in [0.2, 0.25) is 0 Å². The maximum atomic E-state index is 12.5. The van der Waals surface area contributed by atoms with Gasteiger partial charge >= 0.3 is 0 Å². The second kappa shape index (κ2) is 8.52. The zero-order valence-corrected chi connectivity index (χ0v) is 15.7. The molecule has 0 aliphatic carbocycles. The van der Waals surface area contributed by atoms with E-state index < -0.39 is 6.10 Å². The molecule has 1 saturated heterocycles. The summed E-state index contributed by atoms with van der Waals surface area (Å²) in [5.74, 6) is -0.198. The summed E-state index contributed by atoms with van der Waals surface area (Å²) in [5, 5.41) is 16.3. The van der Waals surface area contributed by atoms with E-state index in [9.17, 15) is 9.90 Å². The number of piperazine rings is 1. The Labute approximate surface area is 164 Å². The van der Waals surface area contributed by atoms with E-state index in [0.29, 0.717) is 12.1 Å². The van der Waals surface area contributed by atoms with Crippen LogP contribution in [0.1, 0.15) is 10.4 Å². The van der Waals surface area contributed by atoms with Crippen LogP contribution in [-0.4, -0.2) is 70.7 Å². The molecule has 4 rings (SSSR count). The van der Waals surface area contributed by atoms with Gasteiger partial charge in [0.1, 0.15) is 5.65 Å². The Morgan fingerprint density at radius 1 is 1.14 bits per heavy atom. The number of amides is 1. The summed E-state index contributed by atoms with van der Waals surface area (Å²) >= 11 is 0. The quantitative estimate of drug-likeness (QED) is 0.595. The number of benzene rings is 1. The van der Waals surface area contributed by atoms with Crippen LogP contribution in [0.4, 0.5) is 0 Å². The lowest BCUT2D eigenvalue weighted by Crippen LogP contribution is -2.48. The second-order valence-corrected chi connectivity index (χ2v) is 7.09. The average molecular weight is 379 g/mol. The molecule has 2 aromatic heterocycles. The number of fused-ring (bicyclic) bond motifs is 1. The molecule has 1 aliphatic rings. The highest BCUT2D eigenvalue weighted by atomic mass is 16.3. The number of nitrogens with one attached hydrogen (secondary N) is 2. The van der Waals surface area contributed by atoms with E-state index in [-0.39, 0.29) is 12.5 Å². The fourth-order valence-corrected chi connectivity index (χ4v) is 3.44. The van der Waals surface area contributed by atoms with Gasteiger partial charge in [-0.2, -0.15) is 0 Å². The summed E-state index contributed by atoms with van der Waals surface area (Å²) in [6.45, 7) is 4.53. The number of β-amino-alcohol motifs (C(OH)–C–C–N with tert-alkyl or cyclic N) is 1. The Kier molecular flexibility index (Phi) is 5.66. The Morgan fingerprint density at radius 2 is 1.93 bits per heavy atom. The minimum atomic E-state index is -0.580. The van der Waals surface area contributed by atoms with E-state index in [1.54, 1.807) is 12.3 Å². The van der Waals surface area contributed by atoms with Crippen molar-refractivity contribution in [3.8, 4) is 11.3 Å². The van der Waals surface area contributed by atoms with E-state index in [1.807, 2.05) is 47.0 Å². The molecule has 3 heterocycles. The van der Waals surface area contributed by atoms with Crippen LogP contribution in [0.15, 0.2) is 54.9 Å². The molecular weight excluding hydrogens is 354 g/mol. The summed E-state index contributed by atoms with van der Waals surface area (Å²) in [6, 6.07) is 13.5. The number of nitrogens with zero attached hydrogens (tertiary/aromatic N) is 3. The molecule has 146 valence electrons. The first-order valence-electron chi connectivity index (χ1n) is 9.62. The van der Waals surface area contributed by atoms with Crippen LogP contribution in [0.5, 0.6) is 0 Å². The van der Waals surface area contributed by atoms with Crippen molar-refractivity contribution in [2.45, 2.75) is 6.10 Å². The number of hydrogen-bond acceptors (Lipinski definition) is 5.